The SMILES string of the molecule is C=C(C)/C=c1\c(=C/C)n(-c2ccccc2-c2ccccc2-n2c3ccccc3c3c4oc5ccccc5c4ccc32)c2ccc3c4ccccc4sc3c12. The molecule has 0 aliphatic carbocycles. The van der Waals surface area contributed by atoms with E-state index in [4.69, 9.17) is 4.42 Å². The van der Waals surface area contributed by atoms with Crippen molar-refractivity contribution in [3.05, 3.63) is 168 Å². The molecule has 0 unspecified atom stereocenters. The molecule has 11 rings (SSSR count). The zero-order valence-electron chi connectivity index (χ0n) is 29.9. The zero-order valence-corrected chi connectivity index (χ0v) is 30.7. The molecule has 0 bridgehead atoms. The first-order valence-corrected chi connectivity index (χ1v) is 19.2. The lowest BCUT2D eigenvalue weighted by atomic mass is 10.0. The predicted octanol–water partition coefficient (Wildman–Crippen LogP) is 12.8. The highest BCUT2D eigenvalue weighted by Gasteiger charge is 2.22. The molecule has 0 fully saturated rings. The average molecular weight is 711 g/mol. The number of hydrogen-bond acceptors (Lipinski definition) is 2. The number of rotatable bonds is 4. The summed E-state index contributed by atoms with van der Waals surface area (Å²) in [7, 11) is 0. The molecule has 3 nitrogen and oxygen atoms in total. The smallest absolute Gasteiger partial charge is 0.145 e. The maximum absolute atomic E-state index is 6.63. The molecule has 0 radical (unpaired) electrons. The van der Waals surface area contributed by atoms with Crippen LogP contribution in [0.15, 0.2) is 162 Å². The van der Waals surface area contributed by atoms with Gasteiger partial charge in [-0.25, -0.2) is 0 Å². The van der Waals surface area contributed by atoms with Crippen molar-refractivity contribution >= 4 is 98.3 Å². The van der Waals surface area contributed by atoms with E-state index in [-0.39, 0.29) is 0 Å². The molecule has 0 spiro atoms. The van der Waals surface area contributed by atoms with Gasteiger partial charge in [-0.3, -0.25) is 0 Å². The molecule has 4 aromatic heterocycles. The monoisotopic (exact) mass is 710 g/mol. The van der Waals surface area contributed by atoms with Crippen LogP contribution in [-0.4, -0.2) is 9.13 Å². The van der Waals surface area contributed by atoms with E-state index in [1.807, 2.05) is 17.4 Å². The second kappa shape index (κ2) is 11.7. The van der Waals surface area contributed by atoms with Gasteiger partial charge in [-0.1, -0.05) is 115 Å². The van der Waals surface area contributed by atoms with Crippen LogP contribution in [0.4, 0.5) is 0 Å². The predicted molar refractivity (Wildman–Crippen MR) is 232 cm³/mol. The van der Waals surface area contributed by atoms with Crippen LogP contribution in [0.25, 0.3) is 109 Å². The first-order chi connectivity index (χ1) is 26.6. The quantitative estimate of drug-likeness (QED) is 0.178. The van der Waals surface area contributed by atoms with Crippen LogP contribution in [0, 0.1) is 0 Å². The van der Waals surface area contributed by atoms with Gasteiger partial charge in [0.15, 0.2) is 0 Å². The van der Waals surface area contributed by atoms with Gasteiger partial charge in [0.25, 0.3) is 0 Å². The van der Waals surface area contributed by atoms with Crippen molar-refractivity contribution in [3.63, 3.8) is 0 Å². The highest BCUT2D eigenvalue weighted by Crippen LogP contribution is 2.43. The summed E-state index contributed by atoms with van der Waals surface area (Å²) in [5.41, 5.74) is 10.9. The van der Waals surface area contributed by atoms with E-state index in [1.165, 1.54) is 41.7 Å². The summed E-state index contributed by atoms with van der Waals surface area (Å²) in [6, 6.07) is 52.6. The summed E-state index contributed by atoms with van der Waals surface area (Å²) in [4.78, 5) is 0. The maximum atomic E-state index is 6.63. The first kappa shape index (κ1) is 31.0. The van der Waals surface area contributed by atoms with E-state index < -0.39 is 0 Å². The van der Waals surface area contributed by atoms with Crippen LogP contribution >= 0.6 is 11.3 Å². The van der Waals surface area contributed by atoms with Crippen LogP contribution in [0.2, 0.25) is 0 Å². The Morgan fingerprint density at radius 1 is 0.574 bits per heavy atom. The minimum absolute atomic E-state index is 0.907. The number of benzene rings is 7. The highest BCUT2D eigenvalue weighted by molar-refractivity contribution is 7.26. The first-order valence-electron chi connectivity index (χ1n) is 18.4. The van der Waals surface area contributed by atoms with Crippen LogP contribution in [0.3, 0.4) is 0 Å². The van der Waals surface area contributed by atoms with Crippen molar-refractivity contribution < 1.29 is 4.42 Å². The van der Waals surface area contributed by atoms with Gasteiger partial charge in [0.05, 0.1) is 33.3 Å². The van der Waals surface area contributed by atoms with Crippen molar-refractivity contribution in [1.29, 1.82) is 0 Å². The van der Waals surface area contributed by atoms with Gasteiger partial charge in [0.1, 0.15) is 11.2 Å². The molecule has 4 heterocycles. The molecule has 54 heavy (non-hydrogen) atoms. The number of nitrogens with zero attached hydrogens (tertiary/aromatic N) is 2. The largest absolute Gasteiger partial charge is 0.455 e. The minimum Gasteiger partial charge on any atom is -0.455 e. The summed E-state index contributed by atoms with van der Waals surface area (Å²) in [6.45, 7) is 8.57. The number of para-hydroxylation sites is 4. The van der Waals surface area contributed by atoms with Crippen molar-refractivity contribution in [3.8, 4) is 22.5 Å². The number of fused-ring (bicyclic) bond motifs is 12. The summed E-state index contributed by atoms with van der Waals surface area (Å²) >= 11 is 1.88. The third-order valence-corrected chi connectivity index (χ3v) is 12.2. The molecular formula is C50H34N2OS. The van der Waals surface area contributed by atoms with Gasteiger partial charge in [0.2, 0.25) is 0 Å². The van der Waals surface area contributed by atoms with Crippen LogP contribution < -0.4 is 10.6 Å². The van der Waals surface area contributed by atoms with Crippen LogP contribution in [0.5, 0.6) is 0 Å². The fourth-order valence-corrected chi connectivity index (χ4v) is 10.1. The van der Waals surface area contributed by atoms with Crippen LogP contribution in [0.1, 0.15) is 13.8 Å². The van der Waals surface area contributed by atoms with Gasteiger partial charge in [-0.15, -0.1) is 11.3 Å². The third kappa shape index (κ3) is 4.29. The number of aromatic nitrogens is 2. The molecule has 0 aliphatic rings. The molecule has 0 atom stereocenters. The van der Waals surface area contributed by atoms with Gasteiger partial charge >= 0.3 is 0 Å². The normalized spacial score (nSPS) is 12.9. The van der Waals surface area contributed by atoms with E-state index in [0.717, 1.165) is 71.8 Å². The van der Waals surface area contributed by atoms with Crippen LogP contribution in [-0.2, 0) is 0 Å². The van der Waals surface area contributed by atoms with E-state index in [1.54, 1.807) is 0 Å². The Bertz CT molecular complexity index is 3490. The van der Waals surface area contributed by atoms with E-state index in [9.17, 15) is 0 Å². The Kier molecular flexibility index (Phi) is 6.70. The maximum Gasteiger partial charge on any atom is 0.145 e. The van der Waals surface area contributed by atoms with E-state index in [2.05, 4.69) is 181 Å². The molecule has 0 aliphatic heterocycles. The third-order valence-electron chi connectivity index (χ3n) is 11.0. The molecular weight excluding hydrogens is 677 g/mol. The second-order valence-corrected chi connectivity index (χ2v) is 15.2. The van der Waals surface area contributed by atoms with Crippen molar-refractivity contribution in [2.75, 3.05) is 0 Å². The molecule has 7 aromatic carbocycles. The summed E-state index contributed by atoms with van der Waals surface area (Å²) in [5, 5.41) is 10.8. The van der Waals surface area contributed by atoms with Gasteiger partial charge in [-0.05, 0) is 68.5 Å². The number of thiophene rings is 1. The molecule has 11 aromatic rings. The second-order valence-electron chi connectivity index (χ2n) is 14.2. The molecule has 0 saturated heterocycles. The summed E-state index contributed by atoms with van der Waals surface area (Å²) < 4.78 is 14.1. The standard InChI is InChI=1S/C50H34N2OS/c1-4-39-38(29-30(2)3)48-44(28-26-36-34-18-9-14-24-46(34)54-50(36)48)51(39)40-20-10-5-15-31(40)32-16-6-11-21-41(32)52-42-22-12-7-19-37(42)47-43(52)27-25-35-33-17-8-13-23-45(33)53-49(35)47/h4-29H,2H2,1,3H3/b38-29+,39-4+. The molecule has 4 heteroatoms. The Morgan fingerprint density at radius 2 is 1.19 bits per heavy atom. The highest BCUT2D eigenvalue weighted by atomic mass is 32.1. The fourth-order valence-electron chi connectivity index (χ4n) is 8.83. The number of hydrogen-bond donors (Lipinski definition) is 0. The Labute approximate surface area is 315 Å². The van der Waals surface area contributed by atoms with Crippen molar-refractivity contribution in [2.45, 2.75) is 13.8 Å². The van der Waals surface area contributed by atoms with E-state index >= 15 is 0 Å². The summed E-state index contributed by atoms with van der Waals surface area (Å²) in [5.74, 6) is 0. The Balaban J connectivity index is 1.23. The number of allylic oxidation sites excluding steroid dienone is 1. The molecule has 256 valence electrons. The van der Waals surface area contributed by atoms with E-state index in [0.29, 0.717) is 0 Å². The van der Waals surface area contributed by atoms with Gasteiger partial charge in [-0.2, -0.15) is 0 Å². The lowest BCUT2D eigenvalue weighted by Crippen LogP contribution is -2.28. The molecule has 0 saturated carbocycles. The number of furan rings is 1. The zero-order chi connectivity index (χ0) is 36.1. The minimum atomic E-state index is 0.907. The lowest BCUT2D eigenvalue weighted by molar-refractivity contribution is 0.673. The topological polar surface area (TPSA) is 23.0 Å². The Hall–Kier alpha value is -6.62. The van der Waals surface area contributed by atoms with Crippen molar-refractivity contribution in [2.24, 2.45) is 0 Å². The van der Waals surface area contributed by atoms with Gasteiger partial charge < -0.3 is 13.6 Å². The molecule has 0 N–H and O–H groups in total. The Morgan fingerprint density at radius 3 is 1.94 bits per heavy atom. The van der Waals surface area contributed by atoms with Crippen molar-refractivity contribution in [1.82, 2.24) is 9.13 Å². The summed E-state index contributed by atoms with van der Waals surface area (Å²) in [6.07, 6.45) is 4.51. The fraction of sp³-hybridized carbons (Fsp3) is 0.0400. The van der Waals surface area contributed by atoms with Gasteiger partial charge in [0, 0.05) is 63.4 Å². The lowest BCUT2D eigenvalue weighted by Gasteiger charge is -2.18. The average Bonchev–Trinajstić information content (AvgIpc) is 3.95. The molecule has 0 amide bonds.